The van der Waals surface area contributed by atoms with E-state index in [0.29, 0.717) is 18.2 Å². The number of fused-ring (bicyclic) bond motifs is 1. The average Bonchev–Trinajstić information content (AvgIpc) is 3.40. The lowest BCUT2D eigenvalue weighted by atomic mass is 9.86. The number of hydrogen-bond acceptors (Lipinski definition) is 5. The Kier molecular flexibility index (Phi) is 5.22. The quantitative estimate of drug-likeness (QED) is 0.436. The Morgan fingerprint density at radius 2 is 1.97 bits per heavy atom. The van der Waals surface area contributed by atoms with E-state index < -0.39 is 11.6 Å². The molecule has 0 fully saturated rings. The smallest absolute Gasteiger partial charge is 0.285 e. The van der Waals surface area contributed by atoms with Crippen LogP contribution in [0.25, 0.3) is 10.6 Å². The molecule has 1 aliphatic heterocycles. The molecule has 1 atom stereocenters. The third-order valence-corrected chi connectivity index (χ3v) is 6.93. The SMILES string of the molecule is Cn1ncc([C@@H]2CN(C(=O)c3nnc(-c4ccc(F)cc4F)s3)Cc3ccccc32)c1Cl. The van der Waals surface area contributed by atoms with Gasteiger partial charge in [-0.3, -0.25) is 9.48 Å². The minimum atomic E-state index is -0.752. The van der Waals surface area contributed by atoms with Crippen LogP contribution in [0.2, 0.25) is 5.15 Å². The molecule has 0 radical (unpaired) electrons. The Morgan fingerprint density at radius 3 is 2.72 bits per heavy atom. The van der Waals surface area contributed by atoms with Gasteiger partial charge >= 0.3 is 0 Å². The van der Waals surface area contributed by atoms with Crippen molar-refractivity contribution >= 4 is 28.8 Å². The second-order valence-corrected chi connectivity index (χ2v) is 8.82. The van der Waals surface area contributed by atoms with E-state index in [2.05, 4.69) is 15.3 Å². The number of rotatable bonds is 3. The van der Waals surface area contributed by atoms with E-state index in [0.717, 1.165) is 40.2 Å². The van der Waals surface area contributed by atoms with Gasteiger partial charge in [0.25, 0.3) is 5.91 Å². The normalized spacial score (nSPS) is 15.6. The van der Waals surface area contributed by atoms with E-state index >= 15 is 0 Å². The van der Waals surface area contributed by atoms with E-state index in [9.17, 15) is 13.6 Å². The first kappa shape index (κ1) is 20.7. The summed E-state index contributed by atoms with van der Waals surface area (Å²) in [4.78, 5) is 15.0. The zero-order valence-electron chi connectivity index (χ0n) is 16.8. The number of benzene rings is 2. The van der Waals surface area contributed by atoms with Gasteiger partial charge in [-0.25, -0.2) is 8.78 Å². The molecule has 1 amide bonds. The van der Waals surface area contributed by atoms with Gasteiger partial charge in [0, 0.05) is 43.2 Å². The molecule has 0 N–H and O–H groups in total. The maximum Gasteiger partial charge on any atom is 0.285 e. The maximum absolute atomic E-state index is 14.1. The molecule has 162 valence electrons. The van der Waals surface area contributed by atoms with Gasteiger partial charge in [0.05, 0.1) is 6.20 Å². The predicted octanol–water partition coefficient (Wildman–Crippen LogP) is 4.66. The molecule has 0 unspecified atom stereocenters. The molecule has 4 aromatic rings. The number of halogens is 3. The van der Waals surface area contributed by atoms with Crippen molar-refractivity contribution in [3.63, 3.8) is 0 Å². The average molecular weight is 472 g/mol. The maximum atomic E-state index is 14.1. The number of carbonyl (C=O) groups excluding carboxylic acids is 1. The van der Waals surface area contributed by atoms with Gasteiger partial charge < -0.3 is 4.90 Å². The molecule has 0 saturated heterocycles. The highest BCUT2D eigenvalue weighted by atomic mass is 35.5. The van der Waals surface area contributed by atoms with Gasteiger partial charge in [0.15, 0.2) is 5.01 Å². The summed E-state index contributed by atoms with van der Waals surface area (Å²) in [7, 11) is 1.76. The Morgan fingerprint density at radius 1 is 1.16 bits per heavy atom. The zero-order valence-corrected chi connectivity index (χ0v) is 18.4. The standard InChI is InChI=1S/C22H16ClF2N5OS/c1-29-19(23)16(9-26-29)17-11-30(10-12-4-2-3-5-14(12)17)22(31)21-28-27-20(32-21)15-7-6-13(24)8-18(15)25/h2-9,17H,10-11H2,1H3/t17-/m1/s1. The van der Waals surface area contributed by atoms with Crippen LogP contribution in [0, 0.1) is 11.6 Å². The predicted molar refractivity (Wildman–Crippen MR) is 117 cm³/mol. The number of carbonyl (C=O) groups is 1. The lowest BCUT2D eigenvalue weighted by Crippen LogP contribution is -2.38. The second-order valence-electron chi connectivity index (χ2n) is 7.49. The van der Waals surface area contributed by atoms with E-state index in [1.54, 1.807) is 22.8 Å². The van der Waals surface area contributed by atoms with Crippen LogP contribution in [-0.4, -0.2) is 37.3 Å². The molecule has 1 aliphatic rings. The van der Waals surface area contributed by atoms with E-state index in [1.807, 2.05) is 24.3 Å². The number of aryl methyl sites for hydroxylation is 1. The zero-order chi connectivity index (χ0) is 22.4. The van der Waals surface area contributed by atoms with Crippen LogP contribution in [-0.2, 0) is 13.6 Å². The third-order valence-electron chi connectivity index (χ3n) is 5.52. The largest absolute Gasteiger partial charge is 0.331 e. The molecular formula is C22H16ClF2N5OS. The van der Waals surface area contributed by atoms with Gasteiger partial charge in [-0.1, -0.05) is 47.2 Å². The first-order valence-corrected chi connectivity index (χ1v) is 10.9. The number of aromatic nitrogens is 4. The van der Waals surface area contributed by atoms with Crippen molar-refractivity contribution in [1.29, 1.82) is 0 Å². The fourth-order valence-electron chi connectivity index (χ4n) is 3.92. The Bertz CT molecular complexity index is 1340. The molecule has 10 heteroatoms. The van der Waals surface area contributed by atoms with Gasteiger partial charge in [0.1, 0.15) is 16.8 Å². The first-order chi connectivity index (χ1) is 15.4. The highest BCUT2D eigenvalue weighted by molar-refractivity contribution is 7.16. The van der Waals surface area contributed by atoms with Crippen LogP contribution in [0.5, 0.6) is 0 Å². The van der Waals surface area contributed by atoms with Crippen molar-refractivity contribution in [2.45, 2.75) is 12.5 Å². The molecule has 0 bridgehead atoms. The molecule has 0 aliphatic carbocycles. The van der Waals surface area contributed by atoms with Crippen molar-refractivity contribution in [1.82, 2.24) is 24.9 Å². The summed E-state index contributed by atoms with van der Waals surface area (Å²) in [5, 5.41) is 13.1. The fourth-order valence-corrected chi connectivity index (χ4v) is 4.98. The third kappa shape index (κ3) is 3.57. The molecule has 2 aromatic carbocycles. The molecule has 0 saturated carbocycles. The lowest BCUT2D eigenvalue weighted by molar-refractivity contribution is 0.0723. The second kappa shape index (κ2) is 8.07. The fraction of sp³-hybridized carbons (Fsp3) is 0.182. The van der Waals surface area contributed by atoms with E-state index in [4.69, 9.17) is 11.6 Å². The molecule has 0 spiro atoms. The van der Waals surface area contributed by atoms with E-state index in [1.165, 1.54) is 6.07 Å². The van der Waals surface area contributed by atoms with Crippen LogP contribution >= 0.6 is 22.9 Å². The lowest BCUT2D eigenvalue weighted by Gasteiger charge is -2.34. The van der Waals surface area contributed by atoms with Gasteiger partial charge in [-0.05, 0) is 23.3 Å². The first-order valence-electron chi connectivity index (χ1n) is 9.75. The van der Waals surface area contributed by atoms with E-state index in [-0.39, 0.29) is 27.4 Å². The van der Waals surface area contributed by atoms with Crippen molar-refractivity contribution in [3.8, 4) is 10.6 Å². The van der Waals surface area contributed by atoms with Crippen LogP contribution in [0.15, 0.2) is 48.7 Å². The molecule has 32 heavy (non-hydrogen) atoms. The number of amides is 1. The Balaban J connectivity index is 1.47. The van der Waals surface area contributed by atoms with Crippen molar-refractivity contribution in [2.24, 2.45) is 7.05 Å². The minimum Gasteiger partial charge on any atom is -0.331 e. The molecular weight excluding hydrogens is 456 g/mol. The minimum absolute atomic E-state index is 0.104. The van der Waals surface area contributed by atoms with Gasteiger partial charge in [-0.15, -0.1) is 10.2 Å². The van der Waals surface area contributed by atoms with Crippen LogP contribution in [0.3, 0.4) is 0 Å². The summed E-state index contributed by atoms with van der Waals surface area (Å²) in [6.07, 6.45) is 1.72. The Labute approximate surface area is 191 Å². The van der Waals surface area contributed by atoms with Crippen LogP contribution in [0.1, 0.15) is 32.4 Å². The summed E-state index contributed by atoms with van der Waals surface area (Å²) < 4.78 is 28.9. The van der Waals surface area contributed by atoms with Gasteiger partial charge in [0.2, 0.25) is 5.01 Å². The number of nitrogens with zero attached hydrogens (tertiary/aromatic N) is 5. The summed E-state index contributed by atoms with van der Waals surface area (Å²) in [6, 6.07) is 11.1. The molecule has 5 rings (SSSR count). The van der Waals surface area contributed by atoms with Crippen LogP contribution in [0.4, 0.5) is 8.78 Å². The van der Waals surface area contributed by atoms with Crippen molar-refractivity contribution < 1.29 is 13.6 Å². The monoisotopic (exact) mass is 471 g/mol. The van der Waals surface area contributed by atoms with Crippen LogP contribution < -0.4 is 0 Å². The topological polar surface area (TPSA) is 63.9 Å². The summed E-state index contributed by atoms with van der Waals surface area (Å²) in [6.45, 7) is 0.796. The summed E-state index contributed by atoms with van der Waals surface area (Å²) in [5.74, 6) is -1.89. The molecule has 2 aromatic heterocycles. The van der Waals surface area contributed by atoms with Gasteiger partial charge in [-0.2, -0.15) is 5.10 Å². The Hall–Kier alpha value is -3.17. The summed E-state index contributed by atoms with van der Waals surface area (Å²) >= 11 is 7.44. The van der Waals surface area contributed by atoms with Crippen molar-refractivity contribution in [2.75, 3.05) is 6.54 Å². The highest BCUT2D eigenvalue weighted by Gasteiger charge is 2.33. The van der Waals surface area contributed by atoms with Crippen molar-refractivity contribution in [3.05, 3.63) is 87.1 Å². The highest BCUT2D eigenvalue weighted by Crippen LogP contribution is 2.37. The molecule has 6 nitrogen and oxygen atoms in total. The molecule has 3 heterocycles. The number of hydrogen-bond donors (Lipinski definition) is 0. The summed E-state index contributed by atoms with van der Waals surface area (Å²) in [5.41, 5.74) is 3.04.